The predicted octanol–water partition coefficient (Wildman–Crippen LogP) is 4.74. The third-order valence-electron chi connectivity index (χ3n) is 4.08. The number of fused-ring (bicyclic) bond motifs is 1. The molecule has 136 valence electrons. The first-order valence-electron chi connectivity index (χ1n) is 8.58. The van der Waals surface area contributed by atoms with Crippen LogP contribution in [0.15, 0.2) is 71.7 Å². The van der Waals surface area contributed by atoms with E-state index >= 15 is 0 Å². The van der Waals surface area contributed by atoms with Crippen molar-refractivity contribution in [2.75, 3.05) is 6.61 Å². The maximum Gasteiger partial charge on any atom is 0.322 e. The predicted molar refractivity (Wildman–Crippen MR) is 103 cm³/mol. The Morgan fingerprint density at radius 2 is 1.74 bits per heavy atom. The van der Waals surface area contributed by atoms with Crippen molar-refractivity contribution in [1.29, 1.82) is 0 Å². The van der Waals surface area contributed by atoms with E-state index in [-0.39, 0.29) is 12.4 Å². The van der Waals surface area contributed by atoms with Gasteiger partial charge in [-0.1, -0.05) is 42.5 Å². The standard InChI is InChI=1S/C22H18FNO3/c1-2-27-22(26)20(14-24-17-12-10-16(23)11-13-17)21(25)19-9-5-7-15-6-3-4-8-18(15)19/h3-14,20H,2H2,1H3. The summed E-state index contributed by atoms with van der Waals surface area (Å²) in [5, 5.41) is 1.66. The number of rotatable bonds is 6. The van der Waals surface area contributed by atoms with Crippen LogP contribution in [0.1, 0.15) is 17.3 Å². The molecule has 4 nitrogen and oxygen atoms in total. The molecule has 0 radical (unpaired) electrons. The second kappa shape index (κ2) is 8.36. The smallest absolute Gasteiger partial charge is 0.322 e. The lowest BCUT2D eigenvalue weighted by Gasteiger charge is -2.12. The van der Waals surface area contributed by atoms with Gasteiger partial charge in [-0.3, -0.25) is 14.6 Å². The van der Waals surface area contributed by atoms with Crippen LogP contribution in [0.5, 0.6) is 0 Å². The Labute approximate surface area is 156 Å². The first-order chi connectivity index (χ1) is 13.1. The van der Waals surface area contributed by atoms with Crippen LogP contribution < -0.4 is 0 Å². The fourth-order valence-corrected chi connectivity index (χ4v) is 2.76. The third kappa shape index (κ3) is 4.26. The average molecular weight is 363 g/mol. The van der Waals surface area contributed by atoms with Crippen LogP contribution in [0.3, 0.4) is 0 Å². The zero-order valence-electron chi connectivity index (χ0n) is 14.8. The highest BCUT2D eigenvalue weighted by Gasteiger charge is 2.28. The minimum Gasteiger partial charge on any atom is -0.465 e. The summed E-state index contributed by atoms with van der Waals surface area (Å²) in [6.45, 7) is 1.83. The van der Waals surface area contributed by atoms with Gasteiger partial charge in [0.05, 0.1) is 12.3 Å². The fourth-order valence-electron chi connectivity index (χ4n) is 2.76. The van der Waals surface area contributed by atoms with E-state index in [1.54, 1.807) is 19.1 Å². The van der Waals surface area contributed by atoms with E-state index < -0.39 is 17.7 Å². The number of hydrogen-bond acceptors (Lipinski definition) is 4. The van der Waals surface area contributed by atoms with E-state index in [0.717, 1.165) is 10.8 Å². The lowest BCUT2D eigenvalue weighted by atomic mass is 9.94. The summed E-state index contributed by atoms with van der Waals surface area (Å²) < 4.78 is 18.1. The van der Waals surface area contributed by atoms with Gasteiger partial charge >= 0.3 is 5.97 Å². The molecule has 0 fully saturated rings. The van der Waals surface area contributed by atoms with Crippen LogP contribution in [-0.2, 0) is 9.53 Å². The number of aliphatic imine (C=N–C) groups is 1. The molecule has 0 aliphatic carbocycles. The summed E-state index contributed by atoms with van der Waals surface area (Å²) in [4.78, 5) is 29.6. The summed E-state index contributed by atoms with van der Waals surface area (Å²) in [6.07, 6.45) is 1.26. The molecule has 3 aromatic carbocycles. The van der Waals surface area contributed by atoms with E-state index in [0.29, 0.717) is 11.3 Å². The highest BCUT2D eigenvalue weighted by Crippen LogP contribution is 2.22. The molecule has 0 aromatic heterocycles. The molecular weight excluding hydrogens is 345 g/mol. The van der Waals surface area contributed by atoms with Crippen molar-refractivity contribution in [3.8, 4) is 0 Å². The molecule has 0 spiro atoms. The average Bonchev–Trinajstić information content (AvgIpc) is 2.69. The first kappa shape index (κ1) is 18.5. The quantitative estimate of drug-likeness (QED) is 0.275. The largest absolute Gasteiger partial charge is 0.465 e. The molecule has 1 atom stereocenters. The Hall–Kier alpha value is -3.34. The van der Waals surface area contributed by atoms with Crippen molar-refractivity contribution in [2.45, 2.75) is 6.92 Å². The fraction of sp³-hybridized carbons (Fsp3) is 0.136. The van der Waals surface area contributed by atoms with E-state index in [1.165, 1.54) is 30.5 Å². The van der Waals surface area contributed by atoms with E-state index in [1.807, 2.05) is 30.3 Å². The molecule has 0 aliphatic rings. The van der Waals surface area contributed by atoms with Crippen LogP contribution in [0, 0.1) is 11.7 Å². The minimum atomic E-state index is -1.18. The molecule has 0 aliphatic heterocycles. The summed E-state index contributed by atoms with van der Waals surface area (Å²) >= 11 is 0. The molecular formula is C22H18FNO3. The number of Topliss-reactive ketones (excluding diaryl/α,β-unsaturated/α-hetero) is 1. The number of benzene rings is 3. The highest BCUT2D eigenvalue weighted by molar-refractivity contribution is 6.22. The minimum absolute atomic E-state index is 0.155. The molecule has 0 saturated carbocycles. The first-order valence-corrected chi connectivity index (χ1v) is 8.58. The van der Waals surface area contributed by atoms with Gasteiger partial charge in [0.2, 0.25) is 0 Å². The highest BCUT2D eigenvalue weighted by atomic mass is 19.1. The van der Waals surface area contributed by atoms with Crippen LogP contribution >= 0.6 is 0 Å². The molecule has 27 heavy (non-hydrogen) atoms. The van der Waals surface area contributed by atoms with Gasteiger partial charge in [-0.25, -0.2) is 4.39 Å². The number of nitrogens with zero attached hydrogens (tertiary/aromatic N) is 1. The maximum absolute atomic E-state index is 13.1. The van der Waals surface area contributed by atoms with E-state index in [2.05, 4.69) is 4.99 Å². The molecule has 0 amide bonds. The van der Waals surface area contributed by atoms with Gasteiger partial charge in [0.15, 0.2) is 11.7 Å². The Bertz CT molecular complexity index is 991. The van der Waals surface area contributed by atoms with Crippen molar-refractivity contribution in [3.63, 3.8) is 0 Å². The summed E-state index contributed by atoms with van der Waals surface area (Å²) in [5.41, 5.74) is 0.869. The molecule has 1 unspecified atom stereocenters. The number of hydrogen-bond donors (Lipinski definition) is 0. The normalized spacial score (nSPS) is 12.2. The number of halogens is 1. The lowest BCUT2D eigenvalue weighted by Crippen LogP contribution is -2.27. The Morgan fingerprint density at radius 1 is 1.04 bits per heavy atom. The van der Waals surface area contributed by atoms with Crippen molar-refractivity contribution >= 4 is 34.4 Å². The molecule has 0 N–H and O–H groups in total. The van der Waals surface area contributed by atoms with Gasteiger partial charge in [-0.2, -0.15) is 0 Å². The summed E-state index contributed by atoms with van der Waals surface area (Å²) in [7, 11) is 0. The third-order valence-corrected chi connectivity index (χ3v) is 4.08. The van der Waals surface area contributed by atoms with Crippen molar-refractivity contribution in [3.05, 3.63) is 78.1 Å². The van der Waals surface area contributed by atoms with Crippen LogP contribution in [-0.4, -0.2) is 24.6 Å². The van der Waals surface area contributed by atoms with Gasteiger partial charge in [-0.15, -0.1) is 0 Å². The second-order valence-corrected chi connectivity index (χ2v) is 5.88. The van der Waals surface area contributed by atoms with Gasteiger partial charge < -0.3 is 4.74 Å². The van der Waals surface area contributed by atoms with Crippen LogP contribution in [0.2, 0.25) is 0 Å². The molecule has 0 saturated heterocycles. The number of carbonyl (C=O) groups excluding carboxylic acids is 2. The van der Waals surface area contributed by atoms with Crippen LogP contribution in [0.4, 0.5) is 10.1 Å². The number of ether oxygens (including phenoxy) is 1. The number of ketones is 1. The number of carbonyl (C=O) groups is 2. The Kier molecular flexibility index (Phi) is 5.71. The van der Waals surface area contributed by atoms with Gasteiger partial charge in [-0.05, 0) is 42.0 Å². The molecule has 0 heterocycles. The second-order valence-electron chi connectivity index (χ2n) is 5.88. The summed E-state index contributed by atoms with van der Waals surface area (Å²) in [5.74, 6) is -2.62. The Balaban J connectivity index is 1.98. The molecule has 5 heteroatoms. The summed E-state index contributed by atoms with van der Waals surface area (Å²) in [6, 6.07) is 18.3. The lowest BCUT2D eigenvalue weighted by molar-refractivity contribution is -0.143. The monoisotopic (exact) mass is 363 g/mol. The topological polar surface area (TPSA) is 55.7 Å². The van der Waals surface area contributed by atoms with Crippen molar-refractivity contribution in [2.24, 2.45) is 10.9 Å². The maximum atomic E-state index is 13.1. The van der Waals surface area contributed by atoms with Crippen LogP contribution in [0.25, 0.3) is 10.8 Å². The van der Waals surface area contributed by atoms with Crippen molar-refractivity contribution < 1.29 is 18.7 Å². The van der Waals surface area contributed by atoms with E-state index in [4.69, 9.17) is 4.74 Å². The SMILES string of the molecule is CCOC(=O)C(C=Nc1ccc(F)cc1)C(=O)c1cccc2ccccc12. The van der Waals surface area contributed by atoms with Gasteiger partial charge in [0.25, 0.3) is 0 Å². The van der Waals surface area contributed by atoms with Gasteiger partial charge in [0.1, 0.15) is 5.82 Å². The number of esters is 1. The van der Waals surface area contributed by atoms with Gasteiger partial charge in [0, 0.05) is 11.8 Å². The zero-order valence-corrected chi connectivity index (χ0v) is 14.8. The molecule has 3 aromatic rings. The zero-order chi connectivity index (χ0) is 19.2. The Morgan fingerprint density at radius 3 is 2.48 bits per heavy atom. The molecule has 0 bridgehead atoms. The van der Waals surface area contributed by atoms with Crippen molar-refractivity contribution in [1.82, 2.24) is 0 Å². The molecule has 3 rings (SSSR count). The van der Waals surface area contributed by atoms with E-state index in [9.17, 15) is 14.0 Å².